The Kier molecular flexibility index (Phi) is 5.65. The summed E-state index contributed by atoms with van der Waals surface area (Å²) >= 11 is 0. The number of amides is 1. The maximum atomic E-state index is 12.2. The van der Waals surface area contributed by atoms with Gasteiger partial charge in [0.2, 0.25) is 17.7 Å². The summed E-state index contributed by atoms with van der Waals surface area (Å²) in [6, 6.07) is 16.2. The third-order valence-electron chi connectivity index (χ3n) is 5.51. The number of nitrogens with zero attached hydrogens (tertiary/aromatic N) is 4. The minimum absolute atomic E-state index is 0.0216. The fourth-order valence-electron chi connectivity index (χ4n) is 3.87. The minimum atomic E-state index is -0.0216. The summed E-state index contributed by atoms with van der Waals surface area (Å²) < 4.78 is 7.71. The molecule has 3 aromatic heterocycles. The fraction of sp³-hybridized carbons (Fsp3) is 0.250. The lowest BCUT2D eigenvalue weighted by molar-refractivity contribution is -0.121. The molecule has 8 nitrogen and oxygen atoms in total. The van der Waals surface area contributed by atoms with Gasteiger partial charge in [0.25, 0.3) is 0 Å². The van der Waals surface area contributed by atoms with Crippen molar-refractivity contribution in [3.63, 3.8) is 0 Å². The van der Waals surface area contributed by atoms with Crippen molar-refractivity contribution in [3.8, 4) is 0 Å². The first-order valence-corrected chi connectivity index (χ1v) is 10.8. The number of carbonyl (C=O) groups is 1. The van der Waals surface area contributed by atoms with Gasteiger partial charge in [0.05, 0.1) is 18.1 Å². The van der Waals surface area contributed by atoms with Gasteiger partial charge in [-0.15, -0.1) is 10.2 Å². The number of aromatic amines is 1. The number of para-hydroxylation sites is 2. The molecule has 0 saturated heterocycles. The van der Waals surface area contributed by atoms with Crippen LogP contribution in [-0.2, 0) is 24.2 Å². The highest BCUT2D eigenvalue weighted by molar-refractivity contribution is 5.83. The van der Waals surface area contributed by atoms with E-state index in [0.29, 0.717) is 37.6 Å². The predicted molar refractivity (Wildman–Crippen MR) is 121 cm³/mol. The maximum absolute atomic E-state index is 12.2. The molecule has 0 spiro atoms. The Balaban J connectivity index is 1.06. The first kappa shape index (κ1) is 20.0. The SMILES string of the molecule is O=C(CCc1nnc(Cc2c[nH]c3ccccc23)o1)NCCCn1ncc2ccccc21. The first-order valence-electron chi connectivity index (χ1n) is 10.8. The molecular weight excluding hydrogens is 404 g/mol. The summed E-state index contributed by atoms with van der Waals surface area (Å²) in [4.78, 5) is 15.4. The van der Waals surface area contributed by atoms with E-state index in [4.69, 9.17) is 4.42 Å². The van der Waals surface area contributed by atoms with E-state index in [-0.39, 0.29) is 5.91 Å². The van der Waals surface area contributed by atoms with Crippen LogP contribution in [0.25, 0.3) is 21.8 Å². The normalized spacial score (nSPS) is 11.4. The van der Waals surface area contributed by atoms with Gasteiger partial charge in [-0.25, -0.2) is 0 Å². The molecule has 0 bridgehead atoms. The lowest BCUT2D eigenvalue weighted by Gasteiger charge is -2.05. The van der Waals surface area contributed by atoms with Gasteiger partial charge >= 0.3 is 0 Å². The van der Waals surface area contributed by atoms with E-state index >= 15 is 0 Å². The molecule has 32 heavy (non-hydrogen) atoms. The molecule has 0 fully saturated rings. The molecule has 0 atom stereocenters. The van der Waals surface area contributed by atoms with Crippen LogP contribution < -0.4 is 5.32 Å². The standard InChI is InChI=1S/C24H24N6O2/c31-22(25-12-5-13-30-21-9-4-1-6-17(21)16-27-30)10-11-23-28-29-24(32-23)14-18-15-26-20-8-3-2-7-19(18)20/h1-4,6-9,15-16,26H,5,10-14H2,(H,25,31). The van der Waals surface area contributed by atoms with Gasteiger partial charge < -0.3 is 14.7 Å². The van der Waals surface area contributed by atoms with Crippen LogP contribution in [0.15, 0.2) is 65.3 Å². The Morgan fingerprint density at radius 2 is 1.91 bits per heavy atom. The van der Waals surface area contributed by atoms with Gasteiger partial charge in [0.15, 0.2) is 0 Å². The summed E-state index contributed by atoms with van der Waals surface area (Å²) in [6.45, 7) is 1.36. The fourth-order valence-corrected chi connectivity index (χ4v) is 3.87. The number of rotatable bonds is 9. The topological polar surface area (TPSA) is 102 Å². The summed E-state index contributed by atoms with van der Waals surface area (Å²) in [6.07, 6.45) is 5.95. The van der Waals surface area contributed by atoms with Gasteiger partial charge in [-0.05, 0) is 24.1 Å². The second kappa shape index (κ2) is 9.05. The number of nitrogens with one attached hydrogen (secondary N) is 2. The van der Waals surface area contributed by atoms with Crippen LogP contribution in [0, 0.1) is 0 Å². The number of carbonyl (C=O) groups excluding carboxylic acids is 1. The zero-order chi connectivity index (χ0) is 21.8. The minimum Gasteiger partial charge on any atom is -0.425 e. The Labute approximate surface area is 184 Å². The van der Waals surface area contributed by atoms with E-state index < -0.39 is 0 Å². The molecule has 0 radical (unpaired) electrons. The quantitative estimate of drug-likeness (QED) is 0.349. The zero-order valence-corrected chi connectivity index (χ0v) is 17.6. The van der Waals surface area contributed by atoms with E-state index in [1.807, 2.05) is 53.5 Å². The lowest BCUT2D eigenvalue weighted by Crippen LogP contribution is -2.25. The average molecular weight is 428 g/mol. The molecule has 2 aromatic carbocycles. The van der Waals surface area contributed by atoms with Gasteiger partial charge in [-0.2, -0.15) is 5.10 Å². The van der Waals surface area contributed by atoms with Crippen molar-refractivity contribution in [1.29, 1.82) is 0 Å². The number of fused-ring (bicyclic) bond motifs is 2. The molecule has 5 rings (SSSR count). The second-order valence-corrected chi connectivity index (χ2v) is 7.76. The molecule has 0 saturated carbocycles. The lowest BCUT2D eigenvalue weighted by atomic mass is 10.1. The number of hydrogen-bond acceptors (Lipinski definition) is 5. The van der Waals surface area contributed by atoms with E-state index in [2.05, 4.69) is 37.7 Å². The largest absolute Gasteiger partial charge is 0.425 e. The summed E-state index contributed by atoms with van der Waals surface area (Å²) in [5.74, 6) is 1.02. The average Bonchev–Trinajstić information content (AvgIpc) is 3.55. The Morgan fingerprint density at radius 3 is 2.88 bits per heavy atom. The van der Waals surface area contributed by atoms with Crippen LogP contribution in [0.2, 0.25) is 0 Å². The molecule has 2 N–H and O–H groups in total. The molecule has 8 heteroatoms. The van der Waals surface area contributed by atoms with Crippen LogP contribution in [0.5, 0.6) is 0 Å². The van der Waals surface area contributed by atoms with Crippen molar-refractivity contribution in [3.05, 3.63) is 78.3 Å². The molecule has 3 heterocycles. The first-order chi connectivity index (χ1) is 15.8. The number of aromatic nitrogens is 5. The Morgan fingerprint density at radius 1 is 1.06 bits per heavy atom. The van der Waals surface area contributed by atoms with Crippen molar-refractivity contribution in [2.45, 2.75) is 32.2 Å². The van der Waals surface area contributed by atoms with Crippen molar-refractivity contribution in [2.24, 2.45) is 0 Å². The molecular formula is C24H24N6O2. The number of H-pyrrole nitrogens is 1. The molecule has 0 unspecified atom stereocenters. The third kappa shape index (κ3) is 4.39. The van der Waals surface area contributed by atoms with Crippen molar-refractivity contribution in [2.75, 3.05) is 6.54 Å². The molecule has 0 aliphatic heterocycles. The molecule has 5 aromatic rings. The van der Waals surface area contributed by atoms with Gasteiger partial charge in [0, 0.05) is 48.4 Å². The number of benzene rings is 2. The van der Waals surface area contributed by atoms with Gasteiger partial charge in [-0.1, -0.05) is 36.4 Å². The molecule has 0 aliphatic carbocycles. The Hall–Kier alpha value is -3.94. The summed E-state index contributed by atoms with van der Waals surface area (Å²) in [5, 5.41) is 17.9. The van der Waals surface area contributed by atoms with Crippen molar-refractivity contribution < 1.29 is 9.21 Å². The van der Waals surface area contributed by atoms with Crippen LogP contribution in [0.3, 0.4) is 0 Å². The van der Waals surface area contributed by atoms with E-state index in [0.717, 1.165) is 40.3 Å². The highest BCUT2D eigenvalue weighted by atomic mass is 16.4. The van der Waals surface area contributed by atoms with Gasteiger partial charge in [0.1, 0.15) is 0 Å². The van der Waals surface area contributed by atoms with Crippen molar-refractivity contribution in [1.82, 2.24) is 30.3 Å². The van der Waals surface area contributed by atoms with E-state index in [9.17, 15) is 4.79 Å². The summed E-state index contributed by atoms with van der Waals surface area (Å²) in [5.41, 5.74) is 3.30. The van der Waals surface area contributed by atoms with E-state index in [1.165, 1.54) is 0 Å². The van der Waals surface area contributed by atoms with Crippen LogP contribution >= 0.6 is 0 Å². The predicted octanol–water partition coefficient (Wildman–Crippen LogP) is 3.63. The number of aryl methyl sites for hydroxylation is 2. The van der Waals surface area contributed by atoms with Crippen LogP contribution in [0.4, 0.5) is 0 Å². The molecule has 162 valence electrons. The number of hydrogen-bond donors (Lipinski definition) is 2. The second-order valence-electron chi connectivity index (χ2n) is 7.76. The highest BCUT2D eigenvalue weighted by Crippen LogP contribution is 2.20. The Bertz CT molecular complexity index is 1350. The highest BCUT2D eigenvalue weighted by Gasteiger charge is 2.12. The van der Waals surface area contributed by atoms with Crippen molar-refractivity contribution >= 4 is 27.7 Å². The maximum Gasteiger partial charge on any atom is 0.221 e. The molecule has 0 aliphatic rings. The third-order valence-corrected chi connectivity index (χ3v) is 5.51. The molecule has 1 amide bonds. The van der Waals surface area contributed by atoms with Gasteiger partial charge in [-0.3, -0.25) is 9.48 Å². The monoisotopic (exact) mass is 428 g/mol. The van der Waals surface area contributed by atoms with E-state index in [1.54, 1.807) is 0 Å². The summed E-state index contributed by atoms with van der Waals surface area (Å²) in [7, 11) is 0. The van der Waals surface area contributed by atoms with Crippen LogP contribution in [0.1, 0.15) is 30.2 Å². The smallest absolute Gasteiger partial charge is 0.221 e. The van der Waals surface area contributed by atoms with Crippen LogP contribution in [-0.4, -0.2) is 37.4 Å². The zero-order valence-electron chi connectivity index (χ0n) is 17.6.